The van der Waals surface area contributed by atoms with Crippen LogP contribution in [0.1, 0.15) is 28.7 Å². The molecule has 1 aromatic heterocycles. The van der Waals surface area contributed by atoms with Crippen LogP contribution in [0.2, 0.25) is 0 Å². The molecule has 2 aromatic carbocycles. The number of hydrogen-bond donors (Lipinski definition) is 2. The van der Waals surface area contributed by atoms with E-state index >= 15 is 0 Å². The predicted octanol–water partition coefficient (Wildman–Crippen LogP) is 4.35. The zero-order valence-electron chi connectivity index (χ0n) is 15.6. The highest BCUT2D eigenvalue weighted by Gasteiger charge is 2.12. The maximum Gasteiger partial charge on any atom is 0.274 e. The Morgan fingerprint density at radius 2 is 1.81 bits per heavy atom. The smallest absolute Gasteiger partial charge is 0.274 e. The summed E-state index contributed by atoms with van der Waals surface area (Å²) >= 11 is 0. The number of anilines is 3. The molecule has 0 aliphatic carbocycles. The maximum atomic E-state index is 12.6. The van der Waals surface area contributed by atoms with Crippen LogP contribution in [0.5, 0.6) is 5.75 Å². The average molecular weight is 362 g/mol. The molecule has 0 radical (unpaired) electrons. The summed E-state index contributed by atoms with van der Waals surface area (Å²) in [5.74, 6) is 0.834. The molecule has 0 fully saturated rings. The Hall–Kier alpha value is -3.41. The van der Waals surface area contributed by atoms with E-state index in [4.69, 9.17) is 4.74 Å². The second-order valence-corrected chi connectivity index (χ2v) is 6.04. The molecule has 1 amide bonds. The Bertz CT molecular complexity index is 939. The van der Waals surface area contributed by atoms with Crippen molar-refractivity contribution in [2.45, 2.75) is 20.3 Å². The number of para-hydroxylation sites is 1. The number of carbonyl (C=O) groups excluding carboxylic acids is 1. The number of aromatic nitrogens is 2. The summed E-state index contributed by atoms with van der Waals surface area (Å²) in [6.07, 6.45) is 0.889. The lowest BCUT2D eigenvalue weighted by Crippen LogP contribution is -2.15. The Balaban J connectivity index is 1.80. The van der Waals surface area contributed by atoms with Crippen molar-refractivity contribution in [1.29, 1.82) is 0 Å². The molecule has 27 heavy (non-hydrogen) atoms. The highest BCUT2D eigenvalue weighted by molar-refractivity contribution is 6.03. The molecule has 3 rings (SSSR count). The molecule has 138 valence electrons. The first kappa shape index (κ1) is 18.4. The van der Waals surface area contributed by atoms with Crippen LogP contribution in [0.25, 0.3) is 0 Å². The quantitative estimate of drug-likeness (QED) is 0.682. The van der Waals surface area contributed by atoms with Crippen molar-refractivity contribution in [2.24, 2.45) is 0 Å². The molecule has 0 saturated heterocycles. The number of benzene rings is 2. The number of methoxy groups -OCH3 is 1. The molecular formula is C21H22N4O2. The second kappa shape index (κ2) is 8.31. The topological polar surface area (TPSA) is 76.1 Å². The monoisotopic (exact) mass is 362 g/mol. The molecule has 6 heteroatoms. The highest BCUT2D eigenvalue weighted by atomic mass is 16.5. The second-order valence-electron chi connectivity index (χ2n) is 6.04. The molecule has 0 atom stereocenters. The molecule has 0 aliphatic heterocycles. The number of nitrogens with zero attached hydrogens (tertiary/aromatic N) is 2. The predicted molar refractivity (Wildman–Crippen MR) is 107 cm³/mol. The van der Waals surface area contributed by atoms with Crippen LogP contribution >= 0.6 is 0 Å². The van der Waals surface area contributed by atoms with Crippen molar-refractivity contribution in [3.63, 3.8) is 0 Å². The van der Waals surface area contributed by atoms with Gasteiger partial charge < -0.3 is 15.4 Å². The lowest BCUT2D eigenvalue weighted by atomic mass is 10.1. The van der Waals surface area contributed by atoms with Gasteiger partial charge in [0, 0.05) is 17.1 Å². The molecule has 6 nitrogen and oxygen atoms in total. The van der Waals surface area contributed by atoms with Gasteiger partial charge in [-0.1, -0.05) is 25.1 Å². The van der Waals surface area contributed by atoms with Crippen LogP contribution in [0.3, 0.4) is 0 Å². The maximum absolute atomic E-state index is 12.6. The van der Waals surface area contributed by atoms with Gasteiger partial charge in [0.05, 0.1) is 7.11 Å². The van der Waals surface area contributed by atoms with Crippen molar-refractivity contribution >= 4 is 23.2 Å². The van der Waals surface area contributed by atoms with Crippen LogP contribution in [-0.2, 0) is 6.42 Å². The van der Waals surface area contributed by atoms with Gasteiger partial charge in [-0.2, -0.15) is 0 Å². The summed E-state index contributed by atoms with van der Waals surface area (Å²) in [4.78, 5) is 21.4. The fraction of sp³-hybridized carbons (Fsp3) is 0.190. The minimum absolute atomic E-state index is 0.294. The van der Waals surface area contributed by atoms with Gasteiger partial charge in [-0.05, 0) is 55.3 Å². The van der Waals surface area contributed by atoms with Gasteiger partial charge in [0.2, 0.25) is 5.95 Å². The number of hydrogen-bond acceptors (Lipinski definition) is 5. The van der Waals surface area contributed by atoms with E-state index in [-0.39, 0.29) is 5.91 Å². The van der Waals surface area contributed by atoms with Gasteiger partial charge in [0.15, 0.2) is 0 Å². The highest BCUT2D eigenvalue weighted by Crippen LogP contribution is 2.20. The van der Waals surface area contributed by atoms with Crippen molar-refractivity contribution < 1.29 is 9.53 Å². The van der Waals surface area contributed by atoms with E-state index in [1.54, 1.807) is 37.4 Å². The van der Waals surface area contributed by atoms with Gasteiger partial charge in [0.1, 0.15) is 11.4 Å². The molecule has 3 aromatic rings. The molecule has 2 N–H and O–H groups in total. The molecule has 0 aliphatic rings. The summed E-state index contributed by atoms with van der Waals surface area (Å²) in [7, 11) is 1.60. The minimum Gasteiger partial charge on any atom is -0.497 e. The lowest BCUT2D eigenvalue weighted by Gasteiger charge is -2.11. The van der Waals surface area contributed by atoms with Gasteiger partial charge >= 0.3 is 0 Å². The van der Waals surface area contributed by atoms with E-state index < -0.39 is 0 Å². The van der Waals surface area contributed by atoms with Crippen LogP contribution in [-0.4, -0.2) is 23.0 Å². The van der Waals surface area contributed by atoms with E-state index in [0.717, 1.165) is 23.4 Å². The molecular weight excluding hydrogens is 340 g/mol. The molecule has 0 unspecified atom stereocenters. The number of rotatable bonds is 6. The number of carbonyl (C=O) groups is 1. The fourth-order valence-electron chi connectivity index (χ4n) is 2.68. The Kier molecular flexibility index (Phi) is 5.66. The first-order valence-corrected chi connectivity index (χ1v) is 8.75. The van der Waals surface area contributed by atoms with E-state index in [9.17, 15) is 4.79 Å². The molecule has 0 saturated carbocycles. The van der Waals surface area contributed by atoms with Crippen LogP contribution < -0.4 is 15.4 Å². The largest absolute Gasteiger partial charge is 0.497 e. The fourth-order valence-corrected chi connectivity index (χ4v) is 2.68. The van der Waals surface area contributed by atoms with Crippen molar-refractivity contribution in [2.75, 3.05) is 17.7 Å². The number of aryl methyl sites for hydroxylation is 2. The number of amides is 1. The zero-order chi connectivity index (χ0) is 19.2. The van der Waals surface area contributed by atoms with Crippen LogP contribution in [0.15, 0.2) is 54.6 Å². The third kappa shape index (κ3) is 4.61. The van der Waals surface area contributed by atoms with E-state index in [2.05, 4.69) is 33.6 Å². The Morgan fingerprint density at radius 3 is 2.52 bits per heavy atom. The molecule has 0 bridgehead atoms. The summed E-state index contributed by atoms with van der Waals surface area (Å²) in [5.41, 5.74) is 3.78. The lowest BCUT2D eigenvalue weighted by molar-refractivity contribution is 0.102. The van der Waals surface area contributed by atoms with Gasteiger partial charge in [-0.15, -0.1) is 0 Å². The summed E-state index contributed by atoms with van der Waals surface area (Å²) in [6.45, 7) is 3.92. The number of nitrogens with one attached hydrogen (secondary N) is 2. The summed E-state index contributed by atoms with van der Waals surface area (Å²) in [5, 5.41) is 6.06. The van der Waals surface area contributed by atoms with Gasteiger partial charge in [-0.3, -0.25) is 4.79 Å². The third-order valence-corrected chi connectivity index (χ3v) is 4.08. The first-order valence-electron chi connectivity index (χ1n) is 8.75. The minimum atomic E-state index is -0.294. The Labute approximate surface area is 158 Å². The van der Waals surface area contributed by atoms with E-state index in [1.807, 2.05) is 25.1 Å². The van der Waals surface area contributed by atoms with Crippen LogP contribution in [0.4, 0.5) is 17.3 Å². The SMILES string of the molecule is CCc1ccccc1Nc1nc(C)cc(C(=O)Nc2ccc(OC)cc2)n1. The number of ether oxygens (including phenoxy) is 1. The summed E-state index contributed by atoms with van der Waals surface area (Å²) in [6, 6.07) is 16.8. The van der Waals surface area contributed by atoms with E-state index in [0.29, 0.717) is 23.0 Å². The molecule has 1 heterocycles. The Morgan fingerprint density at radius 1 is 1.07 bits per heavy atom. The zero-order valence-corrected chi connectivity index (χ0v) is 15.6. The van der Waals surface area contributed by atoms with Gasteiger partial charge in [0.25, 0.3) is 5.91 Å². The van der Waals surface area contributed by atoms with Crippen molar-refractivity contribution in [3.05, 3.63) is 71.5 Å². The van der Waals surface area contributed by atoms with E-state index in [1.165, 1.54) is 0 Å². The van der Waals surface area contributed by atoms with Crippen molar-refractivity contribution in [3.8, 4) is 5.75 Å². The third-order valence-electron chi connectivity index (χ3n) is 4.08. The van der Waals surface area contributed by atoms with Crippen molar-refractivity contribution in [1.82, 2.24) is 9.97 Å². The normalized spacial score (nSPS) is 10.3. The standard InChI is InChI=1S/C21H22N4O2/c1-4-15-7-5-6-8-18(15)24-21-22-14(2)13-19(25-21)20(26)23-16-9-11-17(27-3)12-10-16/h5-13H,4H2,1-3H3,(H,23,26)(H,22,24,25). The van der Waals surface area contributed by atoms with Gasteiger partial charge in [-0.25, -0.2) is 9.97 Å². The molecule has 0 spiro atoms. The average Bonchev–Trinajstić information content (AvgIpc) is 2.68. The van der Waals surface area contributed by atoms with Crippen LogP contribution in [0, 0.1) is 6.92 Å². The first-order chi connectivity index (χ1) is 13.1. The summed E-state index contributed by atoms with van der Waals surface area (Å²) < 4.78 is 5.12.